The van der Waals surface area contributed by atoms with Gasteiger partial charge >= 0.3 is 0 Å². The van der Waals surface area contributed by atoms with Crippen LogP contribution in [0.4, 0.5) is 0 Å². The van der Waals surface area contributed by atoms with Crippen LogP contribution in [0.25, 0.3) is 10.6 Å². The highest BCUT2D eigenvalue weighted by Gasteiger charge is 2.30. The van der Waals surface area contributed by atoms with Crippen LogP contribution in [0.15, 0.2) is 29.1 Å². The Hall–Kier alpha value is -2.46. The Morgan fingerprint density at radius 2 is 2.12 bits per heavy atom. The van der Waals surface area contributed by atoms with Gasteiger partial charge in [-0.1, -0.05) is 13.8 Å². The lowest BCUT2D eigenvalue weighted by Gasteiger charge is -2.27. The Morgan fingerprint density at radius 1 is 1.42 bits per heavy atom. The molecule has 0 bridgehead atoms. The van der Waals surface area contributed by atoms with Crippen molar-refractivity contribution in [3.63, 3.8) is 0 Å². The Kier molecular flexibility index (Phi) is 5.20. The molecule has 0 aliphatic carbocycles. The molecule has 0 fully saturated rings. The number of nitrogens with one attached hydrogen (secondary N) is 1. The summed E-state index contributed by atoms with van der Waals surface area (Å²) in [6.45, 7) is 7.14. The molecule has 0 unspecified atom stereocenters. The maximum Gasteiger partial charge on any atom is 0.267 e. The van der Waals surface area contributed by atoms with Crippen LogP contribution in [0.2, 0.25) is 0 Å². The minimum absolute atomic E-state index is 0.0587. The quantitative estimate of drug-likeness (QED) is 0.902. The number of hydrogen-bond acceptors (Lipinski definition) is 5. The molecule has 6 nitrogen and oxygen atoms in total. The van der Waals surface area contributed by atoms with E-state index in [0.717, 1.165) is 14.4 Å². The molecule has 1 atom stereocenters. The standard InChI is InChI=1S/C17H20N4O2S/c1-11(2)17(4,10-18)19-15(22)9-21-16(23)8-6-13(20-21)14-7-5-12(3)24-14/h5-8,11H,9H2,1-4H3,(H,19,22)/t17-/m0/s1. The first-order valence-electron chi connectivity index (χ1n) is 7.62. The maximum atomic E-state index is 12.2. The van der Waals surface area contributed by atoms with Crippen molar-refractivity contribution in [2.24, 2.45) is 5.92 Å². The third-order valence-corrected chi connectivity index (χ3v) is 4.96. The molecule has 24 heavy (non-hydrogen) atoms. The number of carbonyl (C=O) groups excluding carboxylic acids is 1. The van der Waals surface area contributed by atoms with E-state index < -0.39 is 11.4 Å². The van der Waals surface area contributed by atoms with E-state index in [1.54, 1.807) is 24.3 Å². The Labute approximate surface area is 144 Å². The third-order valence-electron chi connectivity index (χ3n) is 3.94. The molecular formula is C17H20N4O2S. The third kappa shape index (κ3) is 3.89. The van der Waals surface area contributed by atoms with Gasteiger partial charge in [-0.25, -0.2) is 4.68 Å². The molecule has 0 aromatic carbocycles. The van der Waals surface area contributed by atoms with Crippen LogP contribution < -0.4 is 10.9 Å². The summed E-state index contributed by atoms with van der Waals surface area (Å²) in [7, 11) is 0. The summed E-state index contributed by atoms with van der Waals surface area (Å²) in [5, 5.41) is 16.2. The topological polar surface area (TPSA) is 87.8 Å². The van der Waals surface area contributed by atoms with E-state index in [9.17, 15) is 14.9 Å². The van der Waals surface area contributed by atoms with Crippen molar-refractivity contribution >= 4 is 17.2 Å². The summed E-state index contributed by atoms with van der Waals surface area (Å²) in [5.74, 6) is -0.474. The molecule has 2 aromatic heterocycles. The molecule has 2 aromatic rings. The van der Waals surface area contributed by atoms with Crippen LogP contribution in [0.1, 0.15) is 25.6 Å². The first-order valence-corrected chi connectivity index (χ1v) is 8.44. The second-order valence-corrected chi connectivity index (χ2v) is 7.43. The summed E-state index contributed by atoms with van der Waals surface area (Å²) < 4.78 is 1.12. The average molecular weight is 344 g/mol. The lowest BCUT2D eigenvalue weighted by atomic mass is 9.90. The summed E-state index contributed by atoms with van der Waals surface area (Å²) in [6, 6.07) is 9.07. The SMILES string of the molecule is Cc1ccc(-c2ccc(=O)n(CC(=O)N[C@@](C)(C#N)C(C)C)n2)s1. The van der Waals surface area contributed by atoms with Gasteiger partial charge in [-0.3, -0.25) is 9.59 Å². The summed E-state index contributed by atoms with van der Waals surface area (Å²) in [5.41, 5.74) is -0.693. The minimum Gasteiger partial charge on any atom is -0.336 e. The Bertz CT molecular complexity index is 847. The molecular weight excluding hydrogens is 324 g/mol. The molecule has 0 spiro atoms. The lowest BCUT2D eigenvalue weighted by Crippen LogP contribution is -2.50. The van der Waals surface area contributed by atoms with Gasteiger partial charge in [-0.15, -0.1) is 11.3 Å². The monoisotopic (exact) mass is 344 g/mol. The number of amides is 1. The van der Waals surface area contributed by atoms with Gasteiger partial charge in [0.15, 0.2) is 0 Å². The smallest absolute Gasteiger partial charge is 0.267 e. The van der Waals surface area contributed by atoms with Gasteiger partial charge in [0.05, 0.1) is 10.9 Å². The lowest BCUT2D eigenvalue weighted by molar-refractivity contribution is -0.123. The van der Waals surface area contributed by atoms with Crippen LogP contribution in [0.3, 0.4) is 0 Å². The number of thiophene rings is 1. The van der Waals surface area contributed by atoms with E-state index in [4.69, 9.17) is 0 Å². The maximum absolute atomic E-state index is 12.2. The number of hydrogen-bond donors (Lipinski definition) is 1. The molecule has 0 saturated heterocycles. The van der Waals surface area contributed by atoms with Crippen molar-refractivity contribution in [2.45, 2.75) is 39.8 Å². The zero-order chi connectivity index (χ0) is 17.9. The number of aromatic nitrogens is 2. The van der Waals surface area contributed by atoms with Crippen LogP contribution in [-0.2, 0) is 11.3 Å². The number of nitrogens with zero attached hydrogens (tertiary/aromatic N) is 3. The van der Waals surface area contributed by atoms with Crippen molar-refractivity contribution in [3.05, 3.63) is 39.5 Å². The van der Waals surface area contributed by atoms with Gasteiger partial charge in [0.1, 0.15) is 17.8 Å². The average Bonchev–Trinajstić information content (AvgIpc) is 2.95. The molecule has 0 aliphatic heterocycles. The van der Waals surface area contributed by atoms with Crippen LogP contribution >= 0.6 is 11.3 Å². The molecule has 7 heteroatoms. The fourth-order valence-corrected chi connectivity index (χ4v) is 2.86. The second-order valence-electron chi connectivity index (χ2n) is 6.14. The van der Waals surface area contributed by atoms with Gasteiger partial charge in [-0.2, -0.15) is 10.4 Å². The zero-order valence-electron chi connectivity index (χ0n) is 14.2. The van der Waals surface area contributed by atoms with Crippen molar-refractivity contribution in [2.75, 3.05) is 0 Å². The molecule has 2 heterocycles. The summed E-state index contributed by atoms with van der Waals surface area (Å²) >= 11 is 1.57. The number of nitriles is 1. The molecule has 1 amide bonds. The fourth-order valence-electron chi connectivity index (χ4n) is 2.03. The Morgan fingerprint density at radius 3 is 2.67 bits per heavy atom. The predicted molar refractivity (Wildman–Crippen MR) is 93.5 cm³/mol. The normalized spacial score (nSPS) is 13.3. The molecule has 0 radical (unpaired) electrons. The minimum atomic E-state index is -0.983. The largest absolute Gasteiger partial charge is 0.336 e. The van der Waals surface area contributed by atoms with E-state index in [-0.39, 0.29) is 18.0 Å². The molecule has 0 aliphatic rings. The van der Waals surface area contributed by atoms with Crippen molar-refractivity contribution in [1.29, 1.82) is 5.26 Å². The molecule has 2 rings (SSSR count). The van der Waals surface area contributed by atoms with Crippen LogP contribution in [-0.4, -0.2) is 21.2 Å². The summed E-state index contributed by atoms with van der Waals surface area (Å²) in [6.07, 6.45) is 0. The Balaban J connectivity index is 2.22. The molecule has 126 valence electrons. The highest BCUT2D eigenvalue weighted by atomic mass is 32.1. The van der Waals surface area contributed by atoms with Crippen LogP contribution in [0, 0.1) is 24.2 Å². The van der Waals surface area contributed by atoms with Gasteiger partial charge in [0.2, 0.25) is 5.91 Å². The van der Waals surface area contributed by atoms with Gasteiger partial charge in [0.25, 0.3) is 5.56 Å². The number of aryl methyl sites for hydroxylation is 1. The van der Waals surface area contributed by atoms with Gasteiger partial charge in [0, 0.05) is 10.9 Å². The number of rotatable bonds is 5. The van der Waals surface area contributed by atoms with E-state index in [1.807, 2.05) is 32.9 Å². The summed E-state index contributed by atoms with van der Waals surface area (Å²) in [4.78, 5) is 26.3. The van der Waals surface area contributed by atoms with Crippen molar-refractivity contribution in [1.82, 2.24) is 15.1 Å². The van der Waals surface area contributed by atoms with E-state index in [0.29, 0.717) is 5.69 Å². The van der Waals surface area contributed by atoms with E-state index in [1.165, 1.54) is 6.07 Å². The number of carbonyl (C=O) groups is 1. The highest BCUT2D eigenvalue weighted by Crippen LogP contribution is 2.25. The predicted octanol–water partition coefficient (Wildman–Crippen LogP) is 2.33. The molecule has 1 N–H and O–H groups in total. The zero-order valence-corrected chi connectivity index (χ0v) is 15.0. The second kappa shape index (κ2) is 6.97. The van der Waals surface area contributed by atoms with Gasteiger partial charge < -0.3 is 5.32 Å². The molecule has 0 saturated carbocycles. The first-order chi connectivity index (χ1) is 11.2. The van der Waals surface area contributed by atoms with Crippen molar-refractivity contribution in [3.8, 4) is 16.6 Å². The highest BCUT2D eigenvalue weighted by molar-refractivity contribution is 7.15. The fraction of sp³-hybridized carbons (Fsp3) is 0.412. The van der Waals surface area contributed by atoms with E-state index >= 15 is 0 Å². The van der Waals surface area contributed by atoms with Crippen LogP contribution in [0.5, 0.6) is 0 Å². The van der Waals surface area contributed by atoms with E-state index in [2.05, 4.69) is 16.5 Å². The first kappa shape index (κ1) is 17.9. The van der Waals surface area contributed by atoms with Gasteiger partial charge in [-0.05, 0) is 38.0 Å². The van der Waals surface area contributed by atoms with Crippen molar-refractivity contribution < 1.29 is 4.79 Å².